The maximum Gasteiger partial charge on any atom is 0.0727 e. The smallest absolute Gasteiger partial charge is 0.0727 e. The summed E-state index contributed by atoms with van der Waals surface area (Å²) in [5.74, 6) is 0. The van der Waals surface area contributed by atoms with Crippen LogP contribution in [0.25, 0.3) is 48.0 Å². The number of nitrogens with zero attached hydrogens (tertiary/aromatic N) is 2. The summed E-state index contributed by atoms with van der Waals surface area (Å²) in [5.41, 5.74) is 14.4. The Labute approximate surface area is 329 Å². The molecule has 270 valence electrons. The zero-order valence-electron chi connectivity index (χ0n) is 32.3. The third-order valence-electron chi connectivity index (χ3n) is 11.4. The third kappa shape index (κ3) is 6.13. The maximum absolute atomic E-state index is 4.64. The maximum atomic E-state index is 4.64. The summed E-state index contributed by atoms with van der Waals surface area (Å²) in [6.07, 6.45) is 7.69. The monoisotopic (exact) mass is 730 g/mol. The van der Waals surface area contributed by atoms with E-state index in [1.165, 1.54) is 64.7 Å². The summed E-state index contributed by atoms with van der Waals surface area (Å²) in [4.78, 5) is 2.35. The van der Waals surface area contributed by atoms with Crippen molar-refractivity contribution in [2.75, 3.05) is 4.90 Å². The number of para-hydroxylation sites is 1. The molecule has 0 atom stereocenters. The van der Waals surface area contributed by atoms with Crippen molar-refractivity contribution >= 4 is 53.9 Å². The quantitative estimate of drug-likeness (QED) is 0.171. The first-order valence-corrected chi connectivity index (χ1v) is 20.1. The van der Waals surface area contributed by atoms with Gasteiger partial charge in [-0.25, -0.2) is 0 Å². The van der Waals surface area contributed by atoms with Gasteiger partial charge in [0.05, 0.1) is 15.7 Å². The largest absolute Gasteiger partial charge is 0.311 e. The van der Waals surface area contributed by atoms with Gasteiger partial charge in [0.2, 0.25) is 0 Å². The van der Waals surface area contributed by atoms with Crippen LogP contribution in [-0.2, 0) is 17.3 Å². The van der Waals surface area contributed by atoms with Gasteiger partial charge >= 0.3 is 0 Å². The highest BCUT2D eigenvalue weighted by atomic mass is 32.1. The second kappa shape index (κ2) is 13.4. The van der Waals surface area contributed by atoms with Gasteiger partial charge in [-0.2, -0.15) is 0 Å². The minimum atomic E-state index is -0.215. The van der Waals surface area contributed by atoms with Crippen molar-refractivity contribution in [2.24, 2.45) is 0 Å². The molecular formula is C52H46N2S. The van der Waals surface area contributed by atoms with Gasteiger partial charge in [0.1, 0.15) is 0 Å². The van der Waals surface area contributed by atoms with Gasteiger partial charge in [-0.3, -0.25) is 0 Å². The first kappa shape index (κ1) is 34.8. The number of hydrogen-bond donors (Lipinski definition) is 0. The van der Waals surface area contributed by atoms with E-state index in [-0.39, 0.29) is 10.8 Å². The Hall–Kier alpha value is -5.90. The fourth-order valence-electron chi connectivity index (χ4n) is 8.19. The molecule has 0 radical (unpaired) electrons. The van der Waals surface area contributed by atoms with Gasteiger partial charge < -0.3 is 9.47 Å². The predicted octanol–water partition coefficient (Wildman–Crippen LogP) is 14.6. The van der Waals surface area contributed by atoms with Gasteiger partial charge in [0, 0.05) is 43.6 Å². The molecule has 1 aliphatic rings. The fraction of sp³-hybridized carbons (Fsp3) is 0.154. The van der Waals surface area contributed by atoms with E-state index in [4.69, 9.17) is 0 Å². The first-order chi connectivity index (χ1) is 26.6. The molecule has 2 nitrogen and oxygen atoms in total. The molecule has 9 rings (SSSR count). The molecule has 3 heteroatoms. The third-order valence-corrected chi connectivity index (χ3v) is 12.6. The highest BCUT2D eigenvalue weighted by molar-refractivity contribution is 7.26. The zero-order chi connectivity index (χ0) is 37.9. The highest BCUT2D eigenvalue weighted by Crippen LogP contribution is 2.44. The number of aromatic nitrogens is 1. The van der Waals surface area contributed by atoms with Gasteiger partial charge in [0.25, 0.3) is 0 Å². The molecule has 8 aromatic rings. The molecule has 6 aromatic carbocycles. The summed E-state index contributed by atoms with van der Waals surface area (Å²) >= 11 is 1.89. The van der Waals surface area contributed by atoms with Crippen molar-refractivity contribution in [3.63, 3.8) is 0 Å². The summed E-state index contributed by atoms with van der Waals surface area (Å²) in [7, 11) is 0. The highest BCUT2D eigenvalue weighted by Gasteiger charge is 2.27. The van der Waals surface area contributed by atoms with Crippen LogP contribution >= 0.6 is 11.3 Å². The Morgan fingerprint density at radius 3 is 2.13 bits per heavy atom. The van der Waals surface area contributed by atoms with Crippen LogP contribution in [0.4, 0.5) is 11.4 Å². The van der Waals surface area contributed by atoms with Crippen LogP contribution < -0.4 is 4.90 Å². The van der Waals surface area contributed by atoms with Crippen LogP contribution in [-0.4, -0.2) is 4.57 Å². The van der Waals surface area contributed by atoms with Crippen molar-refractivity contribution in [1.82, 2.24) is 4.57 Å². The summed E-state index contributed by atoms with van der Waals surface area (Å²) < 4.78 is 5.11. The normalized spacial score (nSPS) is 15.9. The Balaban J connectivity index is 1.13. The predicted molar refractivity (Wildman–Crippen MR) is 238 cm³/mol. The molecule has 0 aliphatic heterocycles. The van der Waals surface area contributed by atoms with Crippen LogP contribution in [0, 0.1) is 0 Å². The molecule has 0 bridgehead atoms. The van der Waals surface area contributed by atoms with E-state index in [1.807, 2.05) is 11.3 Å². The molecular weight excluding hydrogens is 685 g/mol. The van der Waals surface area contributed by atoms with Crippen LogP contribution in [0.3, 0.4) is 0 Å². The second-order valence-corrected chi connectivity index (χ2v) is 17.4. The van der Waals surface area contributed by atoms with E-state index in [2.05, 4.69) is 214 Å². The van der Waals surface area contributed by atoms with Crippen LogP contribution in [0.15, 0.2) is 182 Å². The Bertz CT molecular complexity index is 2780. The SMILES string of the molecule is C=C1/C=C(N(c2ccccc2)c2ccc(-c3ccc4c(c3)c3sc5ccccc5c3n4-c3ccc(C(C)(C)C)cc3)cc2)\C=C/Cc2ccccc2C1(C)C. The number of hydrogen-bond acceptors (Lipinski definition) is 2. The summed E-state index contributed by atoms with van der Waals surface area (Å²) in [5, 5.41) is 2.58. The average Bonchev–Trinajstić information content (AvgIpc) is 3.73. The lowest BCUT2D eigenvalue weighted by molar-refractivity contribution is 0.590. The molecule has 1 aliphatic carbocycles. The Morgan fingerprint density at radius 1 is 0.691 bits per heavy atom. The minimum absolute atomic E-state index is 0.102. The molecule has 0 saturated heterocycles. The number of thiophene rings is 1. The number of fused-ring (bicyclic) bond motifs is 6. The van der Waals surface area contributed by atoms with E-state index in [1.54, 1.807) is 0 Å². The molecule has 0 unspecified atom stereocenters. The van der Waals surface area contributed by atoms with E-state index in [0.717, 1.165) is 29.1 Å². The zero-order valence-corrected chi connectivity index (χ0v) is 33.1. The van der Waals surface area contributed by atoms with E-state index in [9.17, 15) is 0 Å². The molecule has 0 amide bonds. The van der Waals surface area contributed by atoms with Crippen molar-refractivity contribution in [3.05, 3.63) is 198 Å². The number of rotatable bonds is 5. The molecule has 0 spiro atoms. The van der Waals surface area contributed by atoms with Gasteiger partial charge in [-0.05, 0) is 112 Å². The van der Waals surface area contributed by atoms with Crippen LogP contribution in [0.1, 0.15) is 51.3 Å². The van der Waals surface area contributed by atoms with Crippen molar-refractivity contribution < 1.29 is 0 Å². The fourth-order valence-corrected chi connectivity index (χ4v) is 9.40. The number of allylic oxidation sites excluding steroid dienone is 4. The van der Waals surface area contributed by atoms with Crippen molar-refractivity contribution in [1.29, 1.82) is 0 Å². The van der Waals surface area contributed by atoms with Gasteiger partial charge in [-0.1, -0.05) is 138 Å². The standard InChI is InChI=1S/C52H46N2S/c1-35-33-43(19-14-16-37-15-10-12-21-46(37)52(35,5)6)53(40-17-8-7-9-18-40)41-28-23-36(24-29-41)38-25-32-47-45(34-38)50-49(44-20-11-13-22-48(44)55-50)54(47)42-30-26-39(27-31-42)51(2,3)4/h7-15,17-34H,1,16H2,2-6H3/b19-14-,43-33+. The molecule has 2 aromatic heterocycles. The summed E-state index contributed by atoms with van der Waals surface area (Å²) in [6.45, 7) is 16.0. The minimum Gasteiger partial charge on any atom is -0.311 e. The summed E-state index contributed by atoms with van der Waals surface area (Å²) in [6, 6.07) is 53.5. The van der Waals surface area contributed by atoms with E-state index in [0.29, 0.717) is 0 Å². The molecule has 0 fully saturated rings. The van der Waals surface area contributed by atoms with Crippen molar-refractivity contribution in [3.8, 4) is 16.8 Å². The average molecular weight is 731 g/mol. The van der Waals surface area contributed by atoms with Crippen LogP contribution in [0.2, 0.25) is 0 Å². The van der Waals surface area contributed by atoms with E-state index < -0.39 is 0 Å². The number of benzene rings is 6. The lowest BCUT2D eigenvalue weighted by Gasteiger charge is -2.31. The molecule has 55 heavy (non-hydrogen) atoms. The number of anilines is 2. The lowest BCUT2D eigenvalue weighted by Crippen LogP contribution is -2.22. The molecule has 0 saturated carbocycles. The molecule has 0 N–H and O–H groups in total. The second-order valence-electron chi connectivity index (χ2n) is 16.3. The Kier molecular flexibility index (Phi) is 8.51. The van der Waals surface area contributed by atoms with Gasteiger partial charge in [-0.15, -0.1) is 11.3 Å². The molecule has 2 heterocycles. The topological polar surface area (TPSA) is 8.17 Å². The van der Waals surface area contributed by atoms with E-state index >= 15 is 0 Å². The van der Waals surface area contributed by atoms with Crippen LogP contribution in [0.5, 0.6) is 0 Å². The first-order valence-electron chi connectivity index (χ1n) is 19.3. The Morgan fingerprint density at radius 2 is 1.36 bits per heavy atom. The van der Waals surface area contributed by atoms with Crippen molar-refractivity contribution in [2.45, 2.75) is 51.9 Å². The van der Waals surface area contributed by atoms with Gasteiger partial charge in [0.15, 0.2) is 0 Å². The lowest BCUT2D eigenvalue weighted by atomic mass is 9.75.